The lowest BCUT2D eigenvalue weighted by Gasteiger charge is -2.27. The van der Waals surface area contributed by atoms with E-state index >= 15 is 0 Å². The number of aryl methyl sites for hydroxylation is 3. The van der Waals surface area contributed by atoms with Gasteiger partial charge in [-0.25, -0.2) is 14.2 Å². The van der Waals surface area contributed by atoms with Gasteiger partial charge < -0.3 is 0 Å². The largest absolute Gasteiger partial charge is 0.332 e. The van der Waals surface area contributed by atoms with Crippen LogP contribution in [0.1, 0.15) is 22.3 Å². The van der Waals surface area contributed by atoms with Gasteiger partial charge in [-0.2, -0.15) is 10.1 Å². The number of hydrogen-bond acceptors (Lipinski definition) is 5. The van der Waals surface area contributed by atoms with Crippen LogP contribution in [0.5, 0.6) is 0 Å². The number of hydrazone groups is 1. The van der Waals surface area contributed by atoms with E-state index in [1.807, 2.05) is 13.8 Å². The zero-order valence-corrected chi connectivity index (χ0v) is 18.8. The van der Waals surface area contributed by atoms with Crippen molar-refractivity contribution in [2.24, 2.45) is 19.2 Å². The lowest BCUT2D eigenvalue weighted by atomic mass is 10.1. The molecule has 168 valence electrons. The van der Waals surface area contributed by atoms with Gasteiger partial charge in [0.25, 0.3) is 5.56 Å². The molecule has 5 rings (SSSR count). The first kappa shape index (κ1) is 20.9. The summed E-state index contributed by atoms with van der Waals surface area (Å²) in [5.41, 5.74) is 4.49. The smallest absolute Gasteiger partial charge is 0.297 e. The number of imidazole rings is 1. The summed E-state index contributed by atoms with van der Waals surface area (Å²) in [7, 11) is 3.05. The number of aromatic nitrogens is 4. The number of nitrogens with zero attached hydrogens (tertiary/aromatic N) is 6. The van der Waals surface area contributed by atoms with Crippen molar-refractivity contribution in [1.29, 1.82) is 0 Å². The molecule has 1 aliphatic rings. The normalized spacial score (nSPS) is 13.4. The average Bonchev–Trinajstić information content (AvgIpc) is 3.19. The summed E-state index contributed by atoms with van der Waals surface area (Å²) in [6.45, 7) is 4.76. The van der Waals surface area contributed by atoms with Crippen LogP contribution < -0.4 is 16.3 Å². The third-order valence-corrected chi connectivity index (χ3v) is 6.11. The van der Waals surface area contributed by atoms with Gasteiger partial charge in [0.1, 0.15) is 5.82 Å². The molecule has 0 spiro atoms. The maximum Gasteiger partial charge on any atom is 0.332 e. The Balaban J connectivity index is 1.74. The third-order valence-electron chi connectivity index (χ3n) is 6.11. The van der Waals surface area contributed by atoms with E-state index in [2.05, 4.69) is 23.2 Å². The van der Waals surface area contributed by atoms with E-state index in [0.29, 0.717) is 29.4 Å². The van der Waals surface area contributed by atoms with Crippen LogP contribution in [-0.4, -0.2) is 24.4 Å². The molecule has 3 heterocycles. The van der Waals surface area contributed by atoms with E-state index in [9.17, 15) is 14.0 Å². The molecule has 2 aromatic heterocycles. The van der Waals surface area contributed by atoms with E-state index in [-0.39, 0.29) is 12.4 Å². The molecule has 0 N–H and O–H groups in total. The maximum absolute atomic E-state index is 13.5. The summed E-state index contributed by atoms with van der Waals surface area (Å²) < 4.78 is 17.8. The Morgan fingerprint density at radius 2 is 1.73 bits per heavy atom. The van der Waals surface area contributed by atoms with Gasteiger partial charge in [-0.3, -0.25) is 18.5 Å². The lowest BCUT2D eigenvalue weighted by Crippen LogP contribution is -2.38. The second-order valence-corrected chi connectivity index (χ2v) is 8.42. The molecule has 0 aliphatic carbocycles. The maximum atomic E-state index is 13.5. The molecule has 0 atom stereocenters. The van der Waals surface area contributed by atoms with Crippen LogP contribution in [-0.2, 0) is 27.2 Å². The third kappa shape index (κ3) is 3.36. The summed E-state index contributed by atoms with van der Waals surface area (Å²) in [6.07, 6.45) is 0. The molecule has 0 amide bonds. The topological polar surface area (TPSA) is 77.4 Å². The van der Waals surface area contributed by atoms with Crippen LogP contribution >= 0.6 is 0 Å². The number of rotatable bonds is 3. The van der Waals surface area contributed by atoms with Crippen molar-refractivity contribution < 1.29 is 4.39 Å². The highest BCUT2D eigenvalue weighted by atomic mass is 19.1. The lowest BCUT2D eigenvalue weighted by molar-refractivity contribution is 0.627. The van der Waals surface area contributed by atoms with E-state index < -0.39 is 11.2 Å². The molecule has 8 nitrogen and oxygen atoms in total. The monoisotopic (exact) mass is 446 g/mol. The molecular weight excluding hydrogens is 423 g/mol. The first-order valence-corrected chi connectivity index (χ1v) is 10.6. The Hall–Kier alpha value is -4.01. The van der Waals surface area contributed by atoms with Gasteiger partial charge in [-0.05, 0) is 42.7 Å². The fraction of sp³-hybridized carbons (Fsp3) is 0.250. The van der Waals surface area contributed by atoms with Crippen LogP contribution in [0.3, 0.4) is 0 Å². The van der Waals surface area contributed by atoms with E-state index in [4.69, 9.17) is 5.10 Å². The second-order valence-electron chi connectivity index (χ2n) is 8.42. The first-order chi connectivity index (χ1) is 15.7. The second kappa shape index (κ2) is 7.54. The summed E-state index contributed by atoms with van der Waals surface area (Å²) in [5, 5.41) is 6.58. The molecule has 1 aliphatic heterocycles. The van der Waals surface area contributed by atoms with Gasteiger partial charge in [0, 0.05) is 14.1 Å². The van der Waals surface area contributed by atoms with Gasteiger partial charge in [0.15, 0.2) is 11.2 Å². The Morgan fingerprint density at radius 3 is 2.45 bits per heavy atom. The van der Waals surface area contributed by atoms with Crippen molar-refractivity contribution in [2.45, 2.75) is 26.9 Å². The SMILES string of the molecule is Cc1ccc(C)c(CN2N=C(c3ccc(F)cc3)Cn3c2nc2c3c(=O)n(C)c(=O)n2C)c1. The zero-order valence-electron chi connectivity index (χ0n) is 18.8. The van der Waals surface area contributed by atoms with Crippen molar-refractivity contribution in [3.63, 3.8) is 0 Å². The summed E-state index contributed by atoms with van der Waals surface area (Å²) in [4.78, 5) is 30.2. The van der Waals surface area contributed by atoms with Crippen molar-refractivity contribution in [1.82, 2.24) is 18.7 Å². The molecule has 0 saturated heterocycles. The van der Waals surface area contributed by atoms with Crippen LogP contribution in [0.4, 0.5) is 10.3 Å². The van der Waals surface area contributed by atoms with E-state index in [1.54, 1.807) is 28.8 Å². The van der Waals surface area contributed by atoms with Gasteiger partial charge in [-0.1, -0.05) is 35.9 Å². The van der Waals surface area contributed by atoms with Crippen LogP contribution in [0.25, 0.3) is 11.2 Å². The van der Waals surface area contributed by atoms with Crippen LogP contribution in [0, 0.1) is 19.7 Å². The minimum absolute atomic E-state index is 0.272. The van der Waals surface area contributed by atoms with Gasteiger partial charge in [0.05, 0.1) is 18.8 Å². The quantitative estimate of drug-likeness (QED) is 0.485. The van der Waals surface area contributed by atoms with Crippen molar-refractivity contribution >= 4 is 22.8 Å². The number of anilines is 1. The highest BCUT2D eigenvalue weighted by molar-refractivity contribution is 6.02. The molecule has 0 saturated carbocycles. The van der Waals surface area contributed by atoms with Crippen molar-refractivity contribution in [3.05, 3.63) is 91.4 Å². The van der Waals surface area contributed by atoms with Gasteiger partial charge >= 0.3 is 5.69 Å². The summed E-state index contributed by atoms with van der Waals surface area (Å²) in [6, 6.07) is 12.3. The minimum atomic E-state index is -0.441. The van der Waals surface area contributed by atoms with E-state index in [1.165, 1.54) is 23.7 Å². The predicted molar refractivity (Wildman–Crippen MR) is 125 cm³/mol. The van der Waals surface area contributed by atoms with Gasteiger partial charge in [0.2, 0.25) is 5.95 Å². The number of halogens is 1. The molecule has 0 fully saturated rings. The predicted octanol–water partition coefficient (Wildman–Crippen LogP) is 2.61. The fourth-order valence-corrected chi connectivity index (χ4v) is 4.18. The Kier molecular flexibility index (Phi) is 4.77. The fourth-order valence-electron chi connectivity index (χ4n) is 4.18. The standard InChI is InChI=1S/C24H23FN6O2/c1-14-5-6-15(2)17(11-14)12-31-23-26-21-20(22(32)29(4)24(33)28(21)3)30(23)13-19(27-31)16-7-9-18(25)10-8-16/h5-11H,12-13H2,1-4H3. The zero-order chi connectivity index (χ0) is 23.4. The van der Waals surface area contributed by atoms with Crippen LogP contribution in [0.2, 0.25) is 0 Å². The van der Waals surface area contributed by atoms with Crippen LogP contribution in [0.15, 0.2) is 57.2 Å². The molecule has 0 radical (unpaired) electrons. The van der Waals surface area contributed by atoms with Crippen molar-refractivity contribution in [3.8, 4) is 0 Å². The molecule has 2 aromatic carbocycles. The molecule has 4 aromatic rings. The Morgan fingerprint density at radius 1 is 1.00 bits per heavy atom. The minimum Gasteiger partial charge on any atom is -0.297 e. The Bertz CT molecular complexity index is 1560. The molecular formula is C24H23FN6O2. The highest BCUT2D eigenvalue weighted by Gasteiger charge is 2.28. The van der Waals surface area contributed by atoms with Gasteiger partial charge in [-0.15, -0.1) is 0 Å². The number of benzene rings is 2. The summed E-state index contributed by atoms with van der Waals surface area (Å²) >= 11 is 0. The first-order valence-electron chi connectivity index (χ1n) is 10.6. The molecule has 0 bridgehead atoms. The Labute approximate surface area is 188 Å². The number of fused-ring (bicyclic) bond motifs is 3. The molecule has 33 heavy (non-hydrogen) atoms. The summed E-state index contributed by atoms with van der Waals surface area (Å²) in [5.74, 6) is 0.148. The molecule has 0 unspecified atom stereocenters. The average molecular weight is 446 g/mol. The highest BCUT2D eigenvalue weighted by Crippen LogP contribution is 2.27. The van der Waals surface area contributed by atoms with E-state index in [0.717, 1.165) is 26.8 Å². The van der Waals surface area contributed by atoms with Crippen molar-refractivity contribution in [2.75, 3.05) is 5.01 Å². The molecule has 9 heteroatoms. The number of hydrogen-bond donors (Lipinski definition) is 0.